The van der Waals surface area contributed by atoms with Crippen molar-refractivity contribution >= 4 is 22.5 Å². The lowest BCUT2D eigenvalue weighted by atomic mass is 9.90. The average molecular weight is 404 g/mol. The Balaban J connectivity index is 1.55. The molecule has 0 radical (unpaired) electrons. The number of nitrogens with zero attached hydrogens (tertiary/aromatic N) is 2. The number of hydrogen-bond donors (Lipinski definition) is 0. The Labute approximate surface area is 174 Å². The molecule has 0 bridgehead atoms. The Morgan fingerprint density at radius 1 is 1.03 bits per heavy atom. The largest absolute Gasteiger partial charge is 0.452 e. The first kappa shape index (κ1) is 20.0. The summed E-state index contributed by atoms with van der Waals surface area (Å²) in [4.78, 5) is 37.9. The van der Waals surface area contributed by atoms with E-state index in [1.165, 1.54) is 22.2 Å². The molecule has 3 aromatic rings. The SMILES string of the molecule is CCCn1nc(C(=O)OCC(=O)c2ccc3c(c2)CCCC3)c2ccccc2c1=O. The first-order valence-corrected chi connectivity index (χ1v) is 10.4. The molecule has 4 rings (SSSR count). The molecule has 0 saturated heterocycles. The lowest BCUT2D eigenvalue weighted by molar-refractivity contribution is 0.0468. The number of ether oxygens (including phenoxy) is 1. The lowest BCUT2D eigenvalue weighted by Gasteiger charge is -2.16. The zero-order valence-corrected chi connectivity index (χ0v) is 17.0. The van der Waals surface area contributed by atoms with Gasteiger partial charge in [0.1, 0.15) is 0 Å². The summed E-state index contributed by atoms with van der Waals surface area (Å²) in [6.07, 6.45) is 5.04. The molecule has 1 heterocycles. The third-order valence-electron chi connectivity index (χ3n) is 5.50. The van der Waals surface area contributed by atoms with Crippen LogP contribution in [0.4, 0.5) is 0 Å². The highest BCUT2D eigenvalue weighted by Gasteiger charge is 2.20. The van der Waals surface area contributed by atoms with E-state index < -0.39 is 5.97 Å². The van der Waals surface area contributed by atoms with Gasteiger partial charge in [0.25, 0.3) is 5.56 Å². The van der Waals surface area contributed by atoms with Crippen LogP contribution in [0.3, 0.4) is 0 Å². The van der Waals surface area contributed by atoms with E-state index in [9.17, 15) is 14.4 Å². The summed E-state index contributed by atoms with van der Waals surface area (Å²) in [5, 5.41) is 5.06. The van der Waals surface area contributed by atoms with E-state index in [-0.39, 0.29) is 23.6 Å². The normalized spacial score (nSPS) is 13.1. The van der Waals surface area contributed by atoms with Crippen molar-refractivity contribution in [1.82, 2.24) is 9.78 Å². The van der Waals surface area contributed by atoms with Gasteiger partial charge in [0.2, 0.25) is 0 Å². The summed E-state index contributed by atoms with van der Waals surface area (Å²) < 4.78 is 6.59. The molecule has 0 fully saturated rings. The molecule has 0 amide bonds. The fraction of sp³-hybridized carbons (Fsp3) is 0.333. The van der Waals surface area contributed by atoms with Crippen molar-refractivity contribution in [2.75, 3.05) is 6.61 Å². The Morgan fingerprint density at radius 3 is 2.53 bits per heavy atom. The first-order chi connectivity index (χ1) is 14.6. The topological polar surface area (TPSA) is 78.3 Å². The summed E-state index contributed by atoms with van der Waals surface area (Å²) in [6, 6.07) is 12.5. The van der Waals surface area contributed by atoms with Crippen LogP contribution in [0.5, 0.6) is 0 Å². The Kier molecular flexibility index (Phi) is 5.74. The number of hydrogen-bond acceptors (Lipinski definition) is 5. The molecule has 6 nitrogen and oxygen atoms in total. The molecule has 154 valence electrons. The lowest BCUT2D eigenvalue weighted by Crippen LogP contribution is -2.27. The number of fused-ring (bicyclic) bond motifs is 2. The standard InChI is InChI=1S/C24H24N2O4/c1-2-13-26-23(28)20-10-6-5-9-19(20)22(25-26)24(29)30-15-21(27)18-12-11-16-7-3-4-8-17(16)14-18/h5-6,9-12,14H,2-4,7-8,13,15H2,1H3. The van der Waals surface area contributed by atoms with Crippen molar-refractivity contribution in [2.45, 2.75) is 45.6 Å². The van der Waals surface area contributed by atoms with Gasteiger partial charge >= 0.3 is 5.97 Å². The number of ketones is 1. The molecule has 1 aliphatic rings. The van der Waals surface area contributed by atoms with Crippen LogP contribution >= 0.6 is 0 Å². The van der Waals surface area contributed by atoms with Gasteiger partial charge in [-0.05, 0) is 55.4 Å². The van der Waals surface area contributed by atoms with Gasteiger partial charge in [-0.15, -0.1) is 0 Å². The quantitative estimate of drug-likeness (QED) is 0.462. The molecular formula is C24H24N2O4. The van der Waals surface area contributed by atoms with E-state index in [4.69, 9.17) is 4.74 Å². The van der Waals surface area contributed by atoms with Crippen LogP contribution in [0.2, 0.25) is 0 Å². The summed E-state index contributed by atoms with van der Waals surface area (Å²) in [6.45, 7) is 1.97. The van der Waals surface area contributed by atoms with Crippen LogP contribution in [0.1, 0.15) is 58.2 Å². The fourth-order valence-corrected chi connectivity index (χ4v) is 3.94. The molecule has 2 aromatic carbocycles. The molecule has 0 saturated carbocycles. The molecule has 30 heavy (non-hydrogen) atoms. The van der Waals surface area contributed by atoms with Crippen LogP contribution in [-0.2, 0) is 24.1 Å². The van der Waals surface area contributed by atoms with Crippen molar-refractivity contribution in [2.24, 2.45) is 0 Å². The van der Waals surface area contributed by atoms with Crippen molar-refractivity contribution < 1.29 is 14.3 Å². The monoisotopic (exact) mass is 404 g/mol. The van der Waals surface area contributed by atoms with Gasteiger partial charge in [-0.2, -0.15) is 5.10 Å². The number of Topliss-reactive ketones (excluding diaryl/α,β-unsaturated/α-hetero) is 1. The minimum atomic E-state index is -0.706. The Morgan fingerprint density at radius 2 is 1.77 bits per heavy atom. The van der Waals surface area contributed by atoms with Crippen LogP contribution < -0.4 is 5.56 Å². The highest BCUT2D eigenvalue weighted by Crippen LogP contribution is 2.22. The van der Waals surface area contributed by atoms with E-state index >= 15 is 0 Å². The summed E-state index contributed by atoms with van der Waals surface area (Å²) >= 11 is 0. The second-order valence-corrected chi connectivity index (χ2v) is 7.61. The van der Waals surface area contributed by atoms with Crippen molar-refractivity contribution in [3.63, 3.8) is 0 Å². The van der Waals surface area contributed by atoms with Gasteiger partial charge in [0.05, 0.1) is 5.39 Å². The predicted molar refractivity (Wildman–Crippen MR) is 114 cm³/mol. The number of rotatable bonds is 6. The van der Waals surface area contributed by atoms with Crippen molar-refractivity contribution in [3.05, 3.63) is 75.2 Å². The van der Waals surface area contributed by atoms with E-state index in [0.717, 1.165) is 19.3 Å². The number of aryl methyl sites for hydroxylation is 3. The number of aromatic nitrogens is 2. The molecule has 1 aromatic heterocycles. The van der Waals surface area contributed by atoms with Crippen LogP contribution in [0.15, 0.2) is 47.3 Å². The summed E-state index contributed by atoms with van der Waals surface area (Å²) in [5.74, 6) is -0.953. The van der Waals surface area contributed by atoms with Gasteiger partial charge in [0, 0.05) is 17.5 Å². The zero-order chi connectivity index (χ0) is 21.1. The van der Waals surface area contributed by atoms with Gasteiger partial charge in [0.15, 0.2) is 18.1 Å². The third-order valence-corrected chi connectivity index (χ3v) is 5.50. The maximum atomic E-state index is 12.7. The number of esters is 1. The summed E-state index contributed by atoms with van der Waals surface area (Å²) in [7, 11) is 0. The molecule has 6 heteroatoms. The fourth-order valence-electron chi connectivity index (χ4n) is 3.94. The second-order valence-electron chi connectivity index (χ2n) is 7.61. The van der Waals surface area contributed by atoms with Crippen molar-refractivity contribution in [3.8, 4) is 0 Å². The second kappa shape index (κ2) is 8.61. The summed E-state index contributed by atoms with van der Waals surface area (Å²) in [5.41, 5.74) is 2.87. The highest BCUT2D eigenvalue weighted by molar-refractivity contribution is 6.04. The van der Waals surface area contributed by atoms with Gasteiger partial charge in [-0.3, -0.25) is 9.59 Å². The molecule has 0 aliphatic heterocycles. The molecule has 0 spiro atoms. The number of carbonyl (C=O) groups is 2. The van der Waals surface area contributed by atoms with Gasteiger partial charge in [-0.25, -0.2) is 9.48 Å². The maximum absolute atomic E-state index is 12.7. The average Bonchev–Trinajstić information content (AvgIpc) is 2.79. The van der Waals surface area contributed by atoms with Crippen molar-refractivity contribution in [1.29, 1.82) is 0 Å². The molecular weight excluding hydrogens is 380 g/mol. The number of carbonyl (C=O) groups excluding carboxylic acids is 2. The third kappa shape index (κ3) is 3.90. The van der Waals surface area contributed by atoms with E-state index in [1.807, 2.05) is 19.1 Å². The Hall–Kier alpha value is -3.28. The Bertz CT molecular complexity index is 1180. The molecule has 0 N–H and O–H groups in total. The molecule has 0 unspecified atom stereocenters. The van der Waals surface area contributed by atoms with Gasteiger partial charge in [-0.1, -0.05) is 37.3 Å². The van der Waals surface area contributed by atoms with Gasteiger partial charge < -0.3 is 4.74 Å². The molecule has 1 aliphatic carbocycles. The minimum Gasteiger partial charge on any atom is -0.452 e. The highest BCUT2D eigenvalue weighted by atomic mass is 16.5. The first-order valence-electron chi connectivity index (χ1n) is 10.4. The van der Waals surface area contributed by atoms with E-state index in [1.54, 1.807) is 30.3 Å². The minimum absolute atomic E-state index is 0.0527. The predicted octanol–water partition coefficient (Wildman–Crippen LogP) is 3.73. The molecule has 0 atom stereocenters. The van der Waals surface area contributed by atoms with Crippen LogP contribution in [0.25, 0.3) is 10.8 Å². The van der Waals surface area contributed by atoms with Crippen LogP contribution in [0, 0.1) is 0 Å². The van der Waals surface area contributed by atoms with E-state index in [2.05, 4.69) is 5.10 Å². The smallest absolute Gasteiger partial charge is 0.359 e. The maximum Gasteiger partial charge on any atom is 0.359 e. The zero-order valence-electron chi connectivity index (χ0n) is 17.0. The number of benzene rings is 2. The van der Waals surface area contributed by atoms with Crippen LogP contribution in [-0.4, -0.2) is 28.1 Å². The van der Waals surface area contributed by atoms with E-state index in [0.29, 0.717) is 29.3 Å².